The molecule has 0 aliphatic carbocycles. The number of fused-ring (bicyclic) bond motifs is 1. The van der Waals surface area contributed by atoms with E-state index in [2.05, 4.69) is 26.0 Å². The molecule has 7 N–H and O–H groups in total. The van der Waals surface area contributed by atoms with Gasteiger partial charge in [-0.2, -0.15) is 10.1 Å². The van der Waals surface area contributed by atoms with Crippen LogP contribution in [0, 0.1) is 12.3 Å². The summed E-state index contributed by atoms with van der Waals surface area (Å²) in [5, 5.41) is 13.6. The van der Waals surface area contributed by atoms with Crippen molar-refractivity contribution in [2.24, 2.45) is 5.73 Å². The lowest BCUT2D eigenvalue weighted by Gasteiger charge is -2.27. The van der Waals surface area contributed by atoms with Crippen LogP contribution in [0.4, 0.5) is 5.95 Å². The van der Waals surface area contributed by atoms with Crippen molar-refractivity contribution in [2.45, 2.75) is 56.9 Å². The zero-order valence-electron chi connectivity index (χ0n) is 21.9. The fraction of sp³-hybridized carbons (Fsp3) is 0.417. The fourth-order valence-corrected chi connectivity index (χ4v) is 5.51. The number of ether oxygens (including phenoxy) is 2. The second-order valence-corrected chi connectivity index (χ2v) is 11.1. The van der Waals surface area contributed by atoms with Crippen LogP contribution in [-0.2, 0) is 23.4 Å². The summed E-state index contributed by atoms with van der Waals surface area (Å²) in [5.74, 6) is 1.65. The molecular weight excluding hydrogens is 545 g/mol. The van der Waals surface area contributed by atoms with Gasteiger partial charge in [0.25, 0.3) is 5.56 Å². The molecule has 0 saturated carbocycles. The van der Waals surface area contributed by atoms with Gasteiger partial charge in [0.2, 0.25) is 5.95 Å². The van der Waals surface area contributed by atoms with Crippen LogP contribution < -0.4 is 26.6 Å². The highest BCUT2D eigenvalue weighted by Gasteiger charge is 2.55. The van der Waals surface area contributed by atoms with Crippen LogP contribution in [0.15, 0.2) is 41.5 Å². The van der Waals surface area contributed by atoms with Crippen molar-refractivity contribution in [3.05, 3.63) is 47.0 Å². The number of nitrogens with one attached hydrogen (secondary N) is 2. The van der Waals surface area contributed by atoms with Crippen molar-refractivity contribution in [1.82, 2.24) is 24.6 Å². The largest absolute Gasteiger partial charge is 0.462 e. The summed E-state index contributed by atoms with van der Waals surface area (Å²) in [6.45, 7) is 4.23. The number of para-hydroxylation sites is 1. The fourth-order valence-electron chi connectivity index (χ4n) is 4.01. The molecule has 6 atom stereocenters. The number of carbonyl (C=O) groups is 1. The molecule has 15 nitrogen and oxygen atoms in total. The van der Waals surface area contributed by atoms with Gasteiger partial charge in [0.15, 0.2) is 22.9 Å². The molecular formula is C24H30N7O8P. The minimum Gasteiger partial charge on any atom is -0.462 e. The predicted molar refractivity (Wildman–Crippen MR) is 143 cm³/mol. The van der Waals surface area contributed by atoms with Gasteiger partial charge in [0.05, 0.1) is 19.0 Å². The van der Waals surface area contributed by atoms with E-state index in [0.29, 0.717) is 0 Å². The van der Waals surface area contributed by atoms with Crippen LogP contribution in [0.2, 0.25) is 0 Å². The lowest BCUT2D eigenvalue weighted by atomic mass is 9.92. The van der Waals surface area contributed by atoms with Gasteiger partial charge in [-0.25, -0.2) is 9.55 Å². The number of esters is 1. The molecule has 40 heavy (non-hydrogen) atoms. The Kier molecular flexibility index (Phi) is 8.31. The third kappa shape index (κ3) is 5.87. The second-order valence-electron chi connectivity index (χ2n) is 9.36. The highest BCUT2D eigenvalue weighted by atomic mass is 31.2. The number of aromatic nitrogens is 4. The van der Waals surface area contributed by atoms with Crippen LogP contribution in [0.3, 0.4) is 0 Å². The van der Waals surface area contributed by atoms with E-state index in [1.165, 1.54) is 17.8 Å². The first-order chi connectivity index (χ1) is 18.9. The van der Waals surface area contributed by atoms with Crippen molar-refractivity contribution in [1.29, 1.82) is 0 Å². The Labute approximate surface area is 228 Å². The van der Waals surface area contributed by atoms with Crippen molar-refractivity contribution >= 4 is 30.8 Å². The topological polar surface area (TPSA) is 219 Å². The molecule has 0 spiro atoms. The van der Waals surface area contributed by atoms with E-state index >= 15 is 0 Å². The minimum absolute atomic E-state index is 0.0160. The molecule has 3 aromatic rings. The Balaban J connectivity index is 1.59. The van der Waals surface area contributed by atoms with Crippen LogP contribution in [-0.4, -0.2) is 67.1 Å². The van der Waals surface area contributed by atoms with Crippen molar-refractivity contribution in [2.75, 3.05) is 12.3 Å². The third-order valence-corrected chi connectivity index (χ3v) is 7.59. The smallest absolute Gasteiger partial charge is 0.459 e. The molecule has 16 heteroatoms. The highest BCUT2D eigenvalue weighted by molar-refractivity contribution is 7.52. The number of carbonyl (C=O) groups excluding carboxylic acids is 1. The van der Waals surface area contributed by atoms with Gasteiger partial charge in [-0.3, -0.25) is 23.7 Å². The van der Waals surface area contributed by atoms with Crippen LogP contribution in [0.5, 0.6) is 5.75 Å². The number of aliphatic hydroxyl groups excluding tert-OH is 1. The van der Waals surface area contributed by atoms with E-state index in [0.717, 1.165) is 0 Å². The first kappa shape index (κ1) is 29.2. The quantitative estimate of drug-likeness (QED) is 0.126. The molecule has 1 aliphatic rings. The third-order valence-electron chi connectivity index (χ3n) is 5.94. The number of terminal acetylenes is 1. The van der Waals surface area contributed by atoms with Crippen LogP contribution in [0.25, 0.3) is 11.2 Å². The molecule has 0 radical (unpaired) electrons. The summed E-state index contributed by atoms with van der Waals surface area (Å²) >= 11 is 0. The van der Waals surface area contributed by atoms with Gasteiger partial charge in [0, 0.05) is 0 Å². The Morgan fingerprint density at radius 2 is 2.08 bits per heavy atom. The molecule has 4 rings (SSSR count). The van der Waals surface area contributed by atoms with Gasteiger partial charge in [-0.1, -0.05) is 24.1 Å². The minimum atomic E-state index is -4.28. The maximum atomic E-state index is 13.8. The van der Waals surface area contributed by atoms with Crippen molar-refractivity contribution < 1.29 is 33.0 Å². The number of rotatable bonds is 10. The molecule has 3 unspecified atom stereocenters. The monoisotopic (exact) mass is 575 g/mol. The zero-order chi connectivity index (χ0) is 29.2. The Bertz CT molecular complexity index is 1520. The number of H-pyrrole nitrogens is 1. The number of nitrogens with zero attached hydrogens (tertiary/aromatic N) is 3. The predicted octanol–water partition coefficient (Wildman–Crippen LogP) is 0.424. The van der Waals surface area contributed by atoms with Crippen LogP contribution in [0.1, 0.15) is 27.0 Å². The van der Waals surface area contributed by atoms with Crippen LogP contribution >= 0.6 is 7.75 Å². The molecule has 1 saturated heterocycles. The number of anilines is 1. The molecule has 2 aromatic heterocycles. The number of benzene rings is 1. The molecule has 1 aliphatic heterocycles. The Morgan fingerprint density at radius 1 is 1.38 bits per heavy atom. The van der Waals surface area contributed by atoms with Crippen molar-refractivity contribution in [3.63, 3.8) is 0 Å². The average molecular weight is 576 g/mol. The first-order valence-electron chi connectivity index (χ1n) is 12.2. The lowest BCUT2D eigenvalue weighted by Crippen LogP contribution is -2.53. The number of hydrogen-bond acceptors (Lipinski definition) is 12. The summed E-state index contributed by atoms with van der Waals surface area (Å²) in [5.41, 5.74) is 9.57. The van der Waals surface area contributed by atoms with E-state index in [1.807, 2.05) is 0 Å². The molecule has 0 amide bonds. The molecule has 0 bridgehead atoms. The summed E-state index contributed by atoms with van der Waals surface area (Å²) in [7, 11) is -4.28. The zero-order valence-corrected chi connectivity index (χ0v) is 22.8. The Morgan fingerprint density at radius 3 is 2.73 bits per heavy atom. The van der Waals surface area contributed by atoms with E-state index in [-0.39, 0.29) is 22.9 Å². The molecule has 3 heterocycles. The molecule has 1 fully saturated rings. The van der Waals surface area contributed by atoms with E-state index < -0.39 is 62.0 Å². The van der Waals surface area contributed by atoms with Gasteiger partial charge >= 0.3 is 13.7 Å². The summed E-state index contributed by atoms with van der Waals surface area (Å²) in [4.78, 5) is 35.0. The second kappa shape index (κ2) is 11.4. The number of hydrogen-bond donors (Lipinski definition) is 5. The SMILES string of the molecule is C#CC1(N)C(n2cnc3c(=O)[nH]c(N)nc32)O[C@H](COP(=O)(N[C@@H](C)C(=O)OC(C)C)Oc2ccccc2)[C@@H]1O. The highest BCUT2D eigenvalue weighted by Crippen LogP contribution is 2.46. The maximum Gasteiger partial charge on any atom is 0.459 e. The Hall–Kier alpha value is -3.77. The summed E-state index contributed by atoms with van der Waals surface area (Å²) in [6, 6.07) is 7.03. The van der Waals surface area contributed by atoms with Crippen molar-refractivity contribution in [3.8, 4) is 18.1 Å². The maximum absolute atomic E-state index is 13.8. The summed E-state index contributed by atoms with van der Waals surface area (Å²) < 4.78 is 37.4. The van der Waals surface area contributed by atoms with Gasteiger partial charge in [0.1, 0.15) is 24.0 Å². The lowest BCUT2D eigenvalue weighted by molar-refractivity contribution is -0.149. The molecule has 1 aromatic carbocycles. The normalized spacial score (nSPS) is 24.9. The first-order valence-corrected chi connectivity index (χ1v) is 13.7. The van der Waals surface area contributed by atoms with E-state index in [1.54, 1.807) is 44.2 Å². The number of aliphatic hydroxyl groups is 1. The van der Waals surface area contributed by atoms with E-state index in [4.69, 9.17) is 36.4 Å². The van der Waals surface area contributed by atoms with Gasteiger partial charge < -0.3 is 30.6 Å². The summed E-state index contributed by atoms with van der Waals surface area (Å²) in [6.07, 6.45) is 2.44. The average Bonchev–Trinajstić information content (AvgIpc) is 3.42. The molecule has 214 valence electrons. The number of aromatic amines is 1. The van der Waals surface area contributed by atoms with Gasteiger partial charge in [-0.15, -0.1) is 6.42 Å². The number of nitrogen functional groups attached to an aromatic ring is 1. The van der Waals surface area contributed by atoms with E-state index in [9.17, 15) is 19.3 Å². The standard InChI is InChI=1S/C24H30N7O8P/c1-5-24(26)18(32)16(38-22(24)31-12-27-17-19(31)28-23(25)29-20(17)33)11-36-40(35,39-15-9-7-6-8-10-15)30-14(4)21(34)37-13(2)3/h1,6-10,12-14,16,18,22,32H,11,26H2,2-4H3,(H,30,35)(H3,25,28,29,33)/t14-,16+,18-,22?,24?,40?/m0/s1. The van der Waals surface area contributed by atoms with Gasteiger partial charge in [-0.05, 0) is 32.9 Å². The number of imidazole rings is 1. The number of nitrogens with two attached hydrogens (primary N) is 2.